The fourth-order valence-corrected chi connectivity index (χ4v) is 5.52. The molecule has 0 aliphatic carbocycles. The lowest BCUT2D eigenvalue weighted by Gasteiger charge is -2.24. The molecule has 0 heterocycles. The quantitative estimate of drug-likeness (QED) is 0.423. The largest absolute Gasteiger partial charge is 0.354 e. The number of halogens is 1. The molecule has 33 heavy (non-hydrogen) atoms. The summed E-state index contributed by atoms with van der Waals surface area (Å²) in [6.07, 6.45) is 0. The molecule has 0 aliphatic rings. The van der Waals surface area contributed by atoms with Crippen LogP contribution in [-0.4, -0.2) is 33.2 Å². The van der Waals surface area contributed by atoms with E-state index in [-0.39, 0.29) is 10.6 Å². The number of aryl methyl sites for hydroxylation is 2. The number of nitrogens with one attached hydrogen (secondary N) is 1. The van der Waals surface area contributed by atoms with Crippen molar-refractivity contribution in [3.05, 3.63) is 95.3 Å². The van der Waals surface area contributed by atoms with Gasteiger partial charge in [-0.25, -0.2) is 12.8 Å². The highest BCUT2D eigenvalue weighted by molar-refractivity contribution is 7.98. The van der Waals surface area contributed by atoms with Crippen molar-refractivity contribution < 1.29 is 17.6 Å². The average Bonchev–Trinajstić information content (AvgIpc) is 2.79. The number of nitrogens with zero attached hydrogens (tertiary/aromatic N) is 1. The molecule has 1 N–H and O–H groups in total. The lowest BCUT2D eigenvalue weighted by atomic mass is 10.1. The van der Waals surface area contributed by atoms with Crippen molar-refractivity contribution in [3.8, 4) is 0 Å². The van der Waals surface area contributed by atoms with Gasteiger partial charge in [0.15, 0.2) is 0 Å². The zero-order valence-corrected chi connectivity index (χ0v) is 20.3. The Morgan fingerprint density at radius 1 is 0.970 bits per heavy atom. The van der Waals surface area contributed by atoms with Crippen molar-refractivity contribution >= 4 is 33.4 Å². The molecule has 0 aromatic heterocycles. The van der Waals surface area contributed by atoms with Crippen LogP contribution in [-0.2, 0) is 20.6 Å². The van der Waals surface area contributed by atoms with Gasteiger partial charge in [-0.15, -0.1) is 0 Å². The Kier molecular flexibility index (Phi) is 8.52. The third-order valence-corrected chi connectivity index (χ3v) is 7.89. The Balaban J connectivity index is 1.64. The van der Waals surface area contributed by atoms with Crippen LogP contribution in [0, 0.1) is 19.7 Å². The SMILES string of the molecule is Cc1ccc(S(=O)(=O)N(CC(=O)NCCSCc2ccccc2C)c2ccc(F)cc2)cc1. The highest BCUT2D eigenvalue weighted by Crippen LogP contribution is 2.24. The highest BCUT2D eigenvalue weighted by Gasteiger charge is 2.27. The molecule has 5 nitrogen and oxygen atoms in total. The molecule has 3 rings (SSSR count). The molecule has 1 amide bonds. The number of benzene rings is 3. The number of carbonyl (C=O) groups excluding carboxylic acids is 1. The Labute approximate surface area is 199 Å². The van der Waals surface area contributed by atoms with Crippen LogP contribution in [0.25, 0.3) is 0 Å². The van der Waals surface area contributed by atoms with E-state index in [1.54, 1.807) is 23.9 Å². The summed E-state index contributed by atoms with van der Waals surface area (Å²) in [5, 5.41) is 2.79. The number of hydrogen-bond acceptors (Lipinski definition) is 4. The minimum atomic E-state index is -4.01. The van der Waals surface area contributed by atoms with Crippen molar-refractivity contribution in [3.63, 3.8) is 0 Å². The van der Waals surface area contributed by atoms with Gasteiger partial charge in [0.05, 0.1) is 10.6 Å². The Hall–Kier alpha value is -2.84. The third-order valence-electron chi connectivity index (χ3n) is 5.10. The van der Waals surface area contributed by atoms with Gasteiger partial charge in [-0.1, -0.05) is 42.0 Å². The fraction of sp³-hybridized carbons (Fsp3) is 0.240. The predicted octanol–water partition coefficient (Wildman–Crippen LogP) is 4.69. The molecular weight excluding hydrogens is 459 g/mol. The van der Waals surface area contributed by atoms with E-state index in [1.165, 1.54) is 47.5 Å². The number of rotatable bonds is 10. The van der Waals surface area contributed by atoms with Gasteiger partial charge in [0.25, 0.3) is 10.0 Å². The molecule has 0 saturated carbocycles. The van der Waals surface area contributed by atoms with Crippen molar-refractivity contribution in [2.75, 3.05) is 23.1 Å². The van der Waals surface area contributed by atoms with E-state index < -0.39 is 28.3 Å². The van der Waals surface area contributed by atoms with Crippen LogP contribution in [0.5, 0.6) is 0 Å². The van der Waals surface area contributed by atoms with Crippen molar-refractivity contribution in [1.82, 2.24) is 5.32 Å². The van der Waals surface area contributed by atoms with Crippen LogP contribution in [0.15, 0.2) is 77.7 Å². The van der Waals surface area contributed by atoms with Gasteiger partial charge in [0.1, 0.15) is 12.4 Å². The first-order chi connectivity index (χ1) is 15.8. The molecule has 0 fully saturated rings. The molecule has 0 aliphatic heterocycles. The van der Waals surface area contributed by atoms with Crippen molar-refractivity contribution in [2.24, 2.45) is 0 Å². The number of anilines is 1. The smallest absolute Gasteiger partial charge is 0.264 e. The second-order valence-electron chi connectivity index (χ2n) is 7.63. The van der Waals surface area contributed by atoms with E-state index >= 15 is 0 Å². The van der Waals surface area contributed by atoms with E-state index in [9.17, 15) is 17.6 Å². The highest BCUT2D eigenvalue weighted by atomic mass is 32.2. The lowest BCUT2D eigenvalue weighted by Crippen LogP contribution is -2.41. The maximum Gasteiger partial charge on any atom is 0.264 e. The molecule has 0 radical (unpaired) electrons. The van der Waals surface area contributed by atoms with E-state index in [4.69, 9.17) is 0 Å². The van der Waals surface area contributed by atoms with Gasteiger partial charge in [-0.2, -0.15) is 11.8 Å². The summed E-state index contributed by atoms with van der Waals surface area (Å²) in [6, 6.07) is 19.6. The zero-order valence-electron chi connectivity index (χ0n) is 18.6. The lowest BCUT2D eigenvalue weighted by molar-refractivity contribution is -0.119. The summed E-state index contributed by atoms with van der Waals surface area (Å²) in [5.41, 5.74) is 3.62. The standard InChI is InChI=1S/C25H27FN2O3S2/c1-19-7-13-24(14-8-19)33(30,31)28(23-11-9-22(26)10-12-23)17-25(29)27-15-16-32-18-21-6-4-3-5-20(21)2/h3-14H,15-18H2,1-2H3,(H,27,29). The summed E-state index contributed by atoms with van der Waals surface area (Å²) >= 11 is 1.69. The topological polar surface area (TPSA) is 66.5 Å². The summed E-state index contributed by atoms with van der Waals surface area (Å²) in [7, 11) is -4.01. The summed E-state index contributed by atoms with van der Waals surface area (Å²) in [6.45, 7) is 3.94. The maximum absolute atomic E-state index is 13.4. The molecule has 8 heteroatoms. The molecule has 3 aromatic rings. The van der Waals surface area contributed by atoms with E-state index in [1.807, 2.05) is 19.1 Å². The van der Waals surface area contributed by atoms with Crippen molar-refractivity contribution in [1.29, 1.82) is 0 Å². The molecule has 3 aromatic carbocycles. The number of carbonyl (C=O) groups is 1. The van der Waals surface area contributed by atoms with Crippen LogP contribution in [0.2, 0.25) is 0 Å². The van der Waals surface area contributed by atoms with Gasteiger partial charge in [-0.3, -0.25) is 9.10 Å². The van der Waals surface area contributed by atoms with Crippen LogP contribution in [0.3, 0.4) is 0 Å². The number of sulfonamides is 1. The third kappa shape index (κ3) is 6.82. The van der Waals surface area contributed by atoms with Gasteiger partial charge >= 0.3 is 0 Å². The fourth-order valence-electron chi connectivity index (χ4n) is 3.16. The van der Waals surface area contributed by atoms with Crippen LogP contribution in [0.1, 0.15) is 16.7 Å². The summed E-state index contributed by atoms with van der Waals surface area (Å²) in [4.78, 5) is 12.7. The first-order valence-electron chi connectivity index (χ1n) is 10.5. The molecule has 0 unspecified atom stereocenters. The number of amides is 1. The molecule has 0 atom stereocenters. The normalized spacial score (nSPS) is 11.2. The molecular formula is C25H27FN2O3S2. The van der Waals surface area contributed by atoms with Gasteiger partial charge in [0, 0.05) is 18.1 Å². The minimum Gasteiger partial charge on any atom is -0.354 e. The first-order valence-corrected chi connectivity index (χ1v) is 13.1. The second kappa shape index (κ2) is 11.3. The summed E-state index contributed by atoms with van der Waals surface area (Å²) < 4.78 is 41.0. The predicted molar refractivity (Wildman–Crippen MR) is 132 cm³/mol. The van der Waals surface area contributed by atoms with Crippen LogP contribution >= 0.6 is 11.8 Å². The summed E-state index contributed by atoms with van der Waals surface area (Å²) in [5.74, 6) is 0.626. The molecule has 0 bridgehead atoms. The Bertz CT molecular complexity index is 1180. The molecule has 0 saturated heterocycles. The average molecular weight is 487 g/mol. The second-order valence-corrected chi connectivity index (χ2v) is 10.6. The van der Waals surface area contributed by atoms with E-state index in [0.29, 0.717) is 12.3 Å². The van der Waals surface area contributed by atoms with Crippen molar-refractivity contribution in [2.45, 2.75) is 24.5 Å². The zero-order chi connectivity index (χ0) is 23.8. The monoisotopic (exact) mass is 486 g/mol. The van der Waals surface area contributed by atoms with Crippen LogP contribution in [0.4, 0.5) is 10.1 Å². The molecule has 174 valence electrons. The van der Waals surface area contributed by atoms with Gasteiger partial charge < -0.3 is 5.32 Å². The number of hydrogen-bond donors (Lipinski definition) is 1. The first kappa shape index (κ1) is 24.8. The van der Waals surface area contributed by atoms with Crippen LogP contribution < -0.4 is 9.62 Å². The minimum absolute atomic E-state index is 0.0685. The van der Waals surface area contributed by atoms with E-state index in [0.717, 1.165) is 15.6 Å². The Morgan fingerprint density at radius 2 is 1.64 bits per heavy atom. The maximum atomic E-state index is 13.4. The van der Waals surface area contributed by atoms with Gasteiger partial charge in [0.2, 0.25) is 5.91 Å². The number of thioether (sulfide) groups is 1. The van der Waals surface area contributed by atoms with Gasteiger partial charge in [-0.05, 0) is 61.4 Å². The Morgan fingerprint density at radius 3 is 2.30 bits per heavy atom. The molecule has 0 spiro atoms. The van der Waals surface area contributed by atoms with E-state index in [2.05, 4.69) is 24.4 Å².